The van der Waals surface area contributed by atoms with Crippen LogP contribution < -0.4 is 4.90 Å². The van der Waals surface area contributed by atoms with Crippen LogP contribution in [0.15, 0.2) is 36.4 Å². The molecule has 0 saturated heterocycles. The molecule has 2 aliphatic rings. The van der Waals surface area contributed by atoms with E-state index in [4.69, 9.17) is 21.1 Å². The number of methoxy groups -OCH3 is 1. The summed E-state index contributed by atoms with van der Waals surface area (Å²) in [5.41, 5.74) is -2.60. The van der Waals surface area contributed by atoms with Gasteiger partial charge in [0.15, 0.2) is 0 Å². The van der Waals surface area contributed by atoms with Crippen LogP contribution in [0.3, 0.4) is 0 Å². The minimum atomic E-state index is -5.05. The first kappa shape index (κ1) is 29.8. The molecule has 13 heteroatoms. The van der Waals surface area contributed by atoms with Crippen molar-refractivity contribution in [3.8, 4) is 0 Å². The lowest BCUT2D eigenvalue weighted by Gasteiger charge is -2.44. The van der Waals surface area contributed by atoms with E-state index in [9.17, 15) is 35.9 Å². The van der Waals surface area contributed by atoms with Crippen molar-refractivity contribution in [2.45, 2.75) is 70.2 Å². The van der Waals surface area contributed by atoms with Gasteiger partial charge in [0.2, 0.25) is 0 Å². The van der Waals surface area contributed by atoms with Crippen LogP contribution in [0.2, 0.25) is 5.02 Å². The van der Waals surface area contributed by atoms with Gasteiger partial charge in [0.1, 0.15) is 0 Å². The summed E-state index contributed by atoms with van der Waals surface area (Å²) in [7, 11) is 1.06. The lowest BCUT2D eigenvalue weighted by Crippen LogP contribution is -2.50. The Morgan fingerprint density at radius 2 is 1.62 bits per heavy atom. The molecule has 40 heavy (non-hydrogen) atoms. The molecule has 2 unspecified atom stereocenters. The van der Waals surface area contributed by atoms with Gasteiger partial charge in [-0.1, -0.05) is 11.6 Å². The molecule has 1 aliphatic carbocycles. The Hall–Kier alpha value is -3.15. The Balaban J connectivity index is 1.82. The summed E-state index contributed by atoms with van der Waals surface area (Å²) in [6, 6.07) is 4.53. The Morgan fingerprint density at radius 1 is 1.02 bits per heavy atom. The smallest absolute Gasteiger partial charge is 0.416 e. The number of alkyl halides is 6. The van der Waals surface area contributed by atoms with E-state index in [1.54, 1.807) is 26.0 Å². The van der Waals surface area contributed by atoms with Crippen molar-refractivity contribution in [2.24, 2.45) is 5.92 Å². The summed E-state index contributed by atoms with van der Waals surface area (Å²) < 4.78 is 91.5. The molecule has 2 aromatic rings. The average Bonchev–Trinajstić information content (AvgIpc) is 3.70. The number of nitrogens with zero attached hydrogens (tertiary/aromatic N) is 2. The minimum Gasteiger partial charge on any atom is -0.453 e. The molecule has 0 bridgehead atoms. The van der Waals surface area contributed by atoms with E-state index in [2.05, 4.69) is 0 Å². The van der Waals surface area contributed by atoms with Crippen molar-refractivity contribution in [3.63, 3.8) is 0 Å². The highest BCUT2D eigenvalue weighted by molar-refractivity contribution is 6.30. The van der Waals surface area contributed by atoms with Crippen LogP contribution in [0.5, 0.6) is 0 Å². The number of carbonyl (C=O) groups excluding carboxylic acids is 2. The molecular formula is C27H27ClF6N2O4. The molecule has 2 aromatic carbocycles. The molecule has 1 fully saturated rings. The zero-order valence-electron chi connectivity index (χ0n) is 21.8. The number of carbonyl (C=O) groups is 2. The van der Waals surface area contributed by atoms with Crippen molar-refractivity contribution in [1.82, 2.24) is 4.90 Å². The lowest BCUT2D eigenvalue weighted by molar-refractivity contribution is -0.143. The van der Waals surface area contributed by atoms with Gasteiger partial charge in [0.05, 0.1) is 36.1 Å². The molecule has 1 aliphatic heterocycles. The van der Waals surface area contributed by atoms with Crippen LogP contribution in [-0.2, 0) is 28.4 Å². The summed E-state index contributed by atoms with van der Waals surface area (Å²) in [6.07, 6.45) is -10.3. The number of hydrogen-bond donors (Lipinski definition) is 0. The number of fused-ring (bicyclic) bond motifs is 1. The quantitative estimate of drug-likeness (QED) is 0.328. The highest BCUT2D eigenvalue weighted by Gasteiger charge is 2.47. The number of benzene rings is 2. The van der Waals surface area contributed by atoms with Crippen molar-refractivity contribution in [1.29, 1.82) is 0 Å². The molecule has 218 valence electrons. The van der Waals surface area contributed by atoms with Crippen LogP contribution in [-0.4, -0.2) is 36.3 Å². The monoisotopic (exact) mass is 592 g/mol. The molecular weight excluding hydrogens is 566 g/mol. The van der Waals surface area contributed by atoms with Crippen LogP contribution >= 0.6 is 11.6 Å². The first-order valence-corrected chi connectivity index (χ1v) is 12.9. The maximum absolute atomic E-state index is 13.5. The first-order valence-electron chi connectivity index (χ1n) is 12.5. The standard InChI is InChI=1S/C27H27ClF6N2O4/c1-14(2)40-25(38)36-21-7-6-19(28)11-20(21)23(12-22(36)16-4-5-16)35(24(37)39-3)13-15-8-17(26(29,30)31)10-18(9-15)27(32,33)34/h6-11,14,16,22-23H,4-5,12-13H2,1-3H3. The van der Waals surface area contributed by atoms with E-state index in [-0.39, 0.29) is 29.0 Å². The number of amides is 2. The summed E-state index contributed by atoms with van der Waals surface area (Å²) in [4.78, 5) is 28.8. The molecule has 6 nitrogen and oxygen atoms in total. The molecule has 2 amide bonds. The van der Waals surface area contributed by atoms with Crippen molar-refractivity contribution >= 4 is 29.5 Å². The SMILES string of the molecule is COC(=O)N(Cc1cc(C(F)(F)F)cc(C(F)(F)F)c1)C1CC(C2CC2)N(C(=O)OC(C)C)c2ccc(Cl)cc21. The molecule has 4 rings (SSSR count). The summed E-state index contributed by atoms with van der Waals surface area (Å²) in [5.74, 6) is 0.0657. The van der Waals surface area contributed by atoms with Gasteiger partial charge in [-0.15, -0.1) is 0 Å². The summed E-state index contributed by atoms with van der Waals surface area (Å²) >= 11 is 6.27. The number of hydrogen-bond acceptors (Lipinski definition) is 4. The normalized spacial score (nSPS) is 19.3. The van der Waals surface area contributed by atoms with Gasteiger partial charge >= 0.3 is 24.5 Å². The van der Waals surface area contributed by atoms with Gasteiger partial charge in [0.25, 0.3) is 0 Å². The Bertz CT molecular complexity index is 1250. The Morgan fingerprint density at radius 3 is 2.12 bits per heavy atom. The van der Waals surface area contributed by atoms with Gasteiger partial charge in [0, 0.05) is 23.2 Å². The van der Waals surface area contributed by atoms with E-state index in [1.165, 1.54) is 11.0 Å². The fourth-order valence-electron chi connectivity index (χ4n) is 5.05. The van der Waals surface area contributed by atoms with Gasteiger partial charge in [-0.2, -0.15) is 26.3 Å². The highest BCUT2D eigenvalue weighted by Crippen LogP contribution is 2.49. The summed E-state index contributed by atoms with van der Waals surface area (Å²) in [5, 5.41) is 0.258. The Kier molecular flexibility index (Phi) is 8.22. The van der Waals surface area contributed by atoms with E-state index < -0.39 is 60.4 Å². The van der Waals surface area contributed by atoms with Gasteiger partial charge in [-0.25, -0.2) is 9.59 Å². The predicted molar refractivity (Wildman–Crippen MR) is 134 cm³/mol. The van der Waals surface area contributed by atoms with Crippen LogP contribution in [0.1, 0.15) is 61.4 Å². The maximum atomic E-state index is 13.5. The Labute approximate surface area is 231 Å². The molecule has 0 radical (unpaired) electrons. The average molecular weight is 593 g/mol. The second-order valence-corrected chi connectivity index (χ2v) is 10.6. The third kappa shape index (κ3) is 6.42. The van der Waals surface area contributed by atoms with Crippen molar-refractivity contribution in [3.05, 3.63) is 63.7 Å². The van der Waals surface area contributed by atoms with Gasteiger partial charge < -0.3 is 9.47 Å². The van der Waals surface area contributed by atoms with Crippen LogP contribution in [0, 0.1) is 5.92 Å². The third-order valence-electron chi connectivity index (χ3n) is 6.89. The van der Waals surface area contributed by atoms with E-state index in [0.717, 1.165) is 24.9 Å². The van der Waals surface area contributed by atoms with Gasteiger partial charge in [-0.05, 0) is 81.0 Å². The molecule has 1 heterocycles. The molecule has 0 aromatic heterocycles. The number of halogens is 7. The van der Waals surface area contributed by atoms with E-state index in [0.29, 0.717) is 23.4 Å². The number of rotatable bonds is 5. The number of ether oxygens (including phenoxy) is 2. The van der Waals surface area contributed by atoms with Crippen molar-refractivity contribution in [2.75, 3.05) is 12.0 Å². The zero-order valence-corrected chi connectivity index (χ0v) is 22.5. The third-order valence-corrected chi connectivity index (χ3v) is 7.12. The number of anilines is 1. The van der Waals surface area contributed by atoms with Crippen LogP contribution in [0.25, 0.3) is 0 Å². The maximum Gasteiger partial charge on any atom is 0.416 e. The molecule has 0 N–H and O–H groups in total. The van der Waals surface area contributed by atoms with E-state index in [1.807, 2.05) is 0 Å². The van der Waals surface area contributed by atoms with Crippen LogP contribution in [0.4, 0.5) is 41.6 Å². The molecule has 1 saturated carbocycles. The largest absolute Gasteiger partial charge is 0.453 e. The highest BCUT2D eigenvalue weighted by atomic mass is 35.5. The lowest BCUT2D eigenvalue weighted by atomic mass is 9.87. The van der Waals surface area contributed by atoms with Gasteiger partial charge in [-0.3, -0.25) is 9.80 Å². The molecule has 2 atom stereocenters. The second-order valence-electron chi connectivity index (χ2n) is 10.2. The second kappa shape index (κ2) is 11.0. The summed E-state index contributed by atoms with van der Waals surface area (Å²) in [6.45, 7) is 2.77. The van der Waals surface area contributed by atoms with E-state index >= 15 is 0 Å². The first-order chi connectivity index (χ1) is 18.6. The fraction of sp³-hybridized carbons (Fsp3) is 0.481. The topological polar surface area (TPSA) is 59.1 Å². The minimum absolute atomic E-state index is 0.0308. The predicted octanol–water partition coefficient (Wildman–Crippen LogP) is 8.22. The zero-order chi connectivity index (χ0) is 29.6. The van der Waals surface area contributed by atoms with Crippen molar-refractivity contribution < 1.29 is 45.4 Å². The fourth-order valence-corrected chi connectivity index (χ4v) is 5.23. The molecule has 0 spiro atoms.